The largest absolute Gasteiger partial charge is 0.286 e. The Balaban J connectivity index is 2.88. The third-order valence-electron chi connectivity index (χ3n) is 2.02. The second kappa shape index (κ2) is 5.88. The van der Waals surface area contributed by atoms with Gasteiger partial charge in [0.05, 0.1) is 6.42 Å². The summed E-state index contributed by atoms with van der Waals surface area (Å²) in [5.74, 6) is -0.648. The lowest BCUT2D eigenvalue weighted by Gasteiger charge is -2.08. The molecule has 6 heteroatoms. The molecule has 2 atom stereocenters. The van der Waals surface area contributed by atoms with Crippen molar-refractivity contribution in [2.45, 2.75) is 16.6 Å². The van der Waals surface area contributed by atoms with Gasteiger partial charge < -0.3 is 0 Å². The fourth-order valence-corrected chi connectivity index (χ4v) is 1.73. The maximum Gasteiger partial charge on any atom is 0.278 e. The number of rotatable bonds is 5. The van der Waals surface area contributed by atoms with E-state index in [1.54, 1.807) is 18.2 Å². The predicted molar refractivity (Wildman–Crippen MR) is 65.1 cm³/mol. The monoisotopic (exact) mass is 337 g/mol. The second-order valence-corrected chi connectivity index (χ2v) is 4.51. The van der Waals surface area contributed by atoms with Crippen molar-refractivity contribution < 1.29 is 14.1 Å². The molecule has 0 aliphatic carbocycles. The molecule has 0 aliphatic rings. The summed E-state index contributed by atoms with van der Waals surface area (Å²) in [6, 6.07) is 6.39. The van der Waals surface area contributed by atoms with Crippen LogP contribution < -0.4 is 0 Å². The minimum Gasteiger partial charge on any atom is -0.286 e. The molecule has 0 spiro atoms. The van der Waals surface area contributed by atoms with Crippen LogP contribution in [0.1, 0.15) is 16.8 Å². The van der Waals surface area contributed by atoms with Crippen molar-refractivity contribution in [2.24, 2.45) is 0 Å². The highest BCUT2D eigenvalue weighted by atomic mass is 127. The third-order valence-corrected chi connectivity index (χ3v) is 2.53. The normalized spacial score (nSPS) is 14.1. The van der Waals surface area contributed by atoms with Crippen LogP contribution in [0, 0.1) is 10.1 Å². The predicted octanol–water partition coefficient (Wildman–Crippen LogP) is 2.64. The van der Waals surface area contributed by atoms with Crippen molar-refractivity contribution in [1.29, 1.82) is 0 Å². The number of nitro groups is 1. The summed E-state index contributed by atoms with van der Waals surface area (Å²) in [4.78, 5) is 21.6. The Morgan fingerprint density at radius 3 is 2.44 bits per heavy atom. The van der Waals surface area contributed by atoms with E-state index in [4.69, 9.17) is 0 Å². The molecule has 1 rings (SSSR count). The van der Waals surface area contributed by atoms with Crippen molar-refractivity contribution in [3.63, 3.8) is 0 Å². The molecule has 86 valence electrons. The summed E-state index contributed by atoms with van der Waals surface area (Å²) in [6.45, 7) is 0. The molecule has 0 radical (unpaired) electrons. The number of Topliss-reactive ketones (excluding diaryl/α,β-unsaturated/α-hetero) is 1. The molecule has 0 heterocycles. The first kappa shape index (κ1) is 13.0. The van der Waals surface area contributed by atoms with Gasteiger partial charge in [0.1, 0.15) is 0 Å². The molecule has 2 unspecified atom stereocenters. The Hall–Kier alpha value is -1.05. The molecule has 0 aromatic heterocycles. The minimum absolute atomic E-state index is 0.237. The van der Waals surface area contributed by atoms with Crippen LogP contribution in [0.5, 0.6) is 0 Å². The van der Waals surface area contributed by atoms with E-state index in [0.717, 1.165) is 0 Å². The van der Waals surface area contributed by atoms with E-state index < -0.39 is 27.3 Å². The first-order valence-electron chi connectivity index (χ1n) is 4.53. The number of alkyl halides is 2. The van der Waals surface area contributed by atoms with Crippen molar-refractivity contribution in [3.8, 4) is 0 Å². The van der Waals surface area contributed by atoms with Crippen LogP contribution in [-0.4, -0.2) is 20.9 Å². The zero-order valence-electron chi connectivity index (χ0n) is 8.18. The van der Waals surface area contributed by atoms with Crippen LogP contribution in [0.3, 0.4) is 0 Å². The topological polar surface area (TPSA) is 60.2 Å². The molecule has 16 heavy (non-hydrogen) atoms. The van der Waals surface area contributed by atoms with E-state index in [1.807, 2.05) is 0 Å². The Morgan fingerprint density at radius 1 is 1.44 bits per heavy atom. The molecule has 4 nitrogen and oxygen atoms in total. The maximum atomic E-state index is 12.7. The molecule has 0 saturated carbocycles. The molecule has 0 saturated heterocycles. The van der Waals surface area contributed by atoms with Crippen LogP contribution in [0.15, 0.2) is 30.3 Å². The second-order valence-electron chi connectivity index (χ2n) is 3.16. The number of nitrogens with zero attached hydrogens (tertiary/aromatic N) is 1. The summed E-state index contributed by atoms with van der Waals surface area (Å²) >= 11 is 1.42. The molecule has 0 fully saturated rings. The van der Waals surface area contributed by atoms with Crippen molar-refractivity contribution in [3.05, 3.63) is 46.0 Å². The maximum absolute atomic E-state index is 12.7. The smallest absolute Gasteiger partial charge is 0.278 e. The zero-order chi connectivity index (χ0) is 12.1. The summed E-state index contributed by atoms with van der Waals surface area (Å²) in [5.41, 5.74) is 0.237. The first-order chi connectivity index (χ1) is 7.52. The van der Waals surface area contributed by atoms with Crippen LogP contribution in [-0.2, 0) is 0 Å². The first-order valence-corrected chi connectivity index (χ1v) is 5.78. The number of halogens is 2. The van der Waals surface area contributed by atoms with Gasteiger partial charge in [-0.3, -0.25) is 14.9 Å². The Bertz CT molecular complexity index is 383. The van der Waals surface area contributed by atoms with E-state index in [9.17, 15) is 19.3 Å². The SMILES string of the molecule is O=C(c1ccccc1)C(CC(F)I)[N+](=O)[O-]. The number of benzene rings is 1. The average Bonchev–Trinajstić information content (AvgIpc) is 2.25. The van der Waals surface area contributed by atoms with Gasteiger partial charge in [-0.05, 0) is 22.6 Å². The van der Waals surface area contributed by atoms with Gasteiger partial charge in [0.25, 0.3) is 6.04 Å². The van der Waals surface area contributed by atoms with Gasteiger partial charge >= 0.3 is 0 Å². The number of ketones is 1. The van der Waals surface area contributed by atoms with E-state index in [1.165, 1.54) is 34.7 Å². The summed E-state index contributed by atoms with van der Waals surface area (Å²) in [6.07, 6.45) is -0.402. The highest BCUT2D eigenvalue weighted by Crippen LogP contribution is 2.16. The zero-order valence-corrected chi connectivity index (χ0v) is 10.3. The Kier molecular flexibility index (Phi) is 4.78. The summed E-state index contributed by atoms with van der Waals surface area (Å²) in [5, 5.41) is 10.7. The number of hydrogen-bond acceptors (Lipinski definition) is 3. The number of carbonyl (C=O) groups is 1. The molecule has 1 aromatic rings. The van der Waals surface area contributed by atoms with Crippen molar-refractivity contribution in [1.82, 2.24) is 0 Å². The number of carbonyl (C=O) groups excluding carboxylic acids is 1. The van der Waals surface area contributed by atoms with Crippen molar-refractivity contribution >= 4 is 28.4 Å². The van der Waals surface area contributed by atoms with Crippen LogP contribution in [0.4, 0.5) is 4.39 Å². The lowest BCUT2D eigenvalue weighted by atomic mass is 10.0. The average molecular weight is 337 g/mol. The van der Waals surface area contributed by atoms with Gasteiger partial charge in [-0.2, -0.15) is 0 Å². The highest BCUT2D eigenvalue weighted by molar-refractivity contribution is 14.1. The quantitative estimate of drug-likeness (QED) is 0.273. The van der Waals surface area contributed by atoms with Gasteiger partial charge in [0.2, 0.25) is 5.78 Å². The van der Waals surface area contributed by atoms with E-state index >= 15 is 0 Å². The lowest BCUT2D eigenvalue weighted by Crippen LogP contribution is -2.31. The fourth-order valence-electron chi connectivity index (χ4n) is 1.25. The Morgan fingerprint density at radius 2 is 2.00 bits per heavy atom. The molecule has 0 aliphatic heterocycles. The van der Waals surface area contributed by atoms with Gasteiger partial charge in [0, 0.05) is 10.5 Å². The van der Waals surface area contributed by atoms with Crippen molar-refractivity contribution in [2.75, 3.05) is 0 Å². The third kappa shape index (κ3) is 3.51. The van der Waals surface area contributed by atoms with E-state index in [0.29, 0.717) is 0 Å². The minimum atomic E-state index is -1.51. The molecular weight excluding hydrogens is 328 g/mol. The Labute approximate surface area is 105 Å². The van der Waals surface area contributed by atoms with Crippen LogP contribution >= 0.6 is 22.6 Å². The highest BCUT2D eigenvalue weighted by Gasteiger charge is 2.32. The summed E-state index contributed by atoms with van der Waals surface area (Å²) < 4.78 is 11.3. The molecule has 0 bridgehead atoms. The molecular formula is C10H9FINO3. The summed E-state index contributed by atoms with van der Waals surface area (Å²) in [7, 11) is 0. The van der Waals surface area contributed by atoms with Crippen LogP contribution in [0.2, 0.25) is 0 Å². The van der Waals surface area contributed by atoms with Gasteiger partial charge in [0.15, 0.2) is 4.18 Å². The van der Waals surface area contributed by atoms with E-state index in [2.05, 4.69) is 0 Å². The lowest BCUT2D eigenvalue weighted by molar-refractivity contribution is -0.506. The van der Waals surface area contributed by atoms with Gasteiger partial charge in [-0.1, -0.05) is 30.3 Å². The van der Waals surface area contributed by atoms with Gasteiger partial charge in [-0.15, -0.1) is 0 Å². The van der Waals surface area contributed by atoms with E-state index in [-0.39, 0.29) is 5.56 Å². The molecule has 0 amide bonds. The molecule has 1 aromatic carbocycles. The standard InChI is InChI=1S/C10H9FINO3/c11-9(12)6-8(13(15)16)10(14)7-4-2-1-3-5-7/h1-5,8-9H,6H2. The van der Waals surface area contributed by atoms with Gasteiger partial charge in [-0.25, -0.2) is 4.39 Å². The fraction of sp³-hybridized carbons (Fsp3) is 0.300. The molecule has 0 N–H and O–H groups in total. The number of hydrogen-bond donors (Lipinski definition) is 0. The van der Waals surface area contributed by atoms with Crippen LogP contribution in [0.25, 0.3) is 0 Å².